The number of carboxylic acid groups (broad SMARTS) is 1. The lowest BCUT2D eigenvalue weighted by Gasteiger charge is -2.18. The van der Waals surface area contributed by atoms with Crippen LogP contribution in [-0.2, 0) is 24.1 Å². The number of likely N-dealkylation sites (N-methyl/N-ethyl adjacent to an activating group) is 1. The molecule has 10 nitrogen and oxygen atoms in total. The summed E-state index contributed by atoms with van der Waals surface area (Å²) in [4.78, 5) is 36.3. The first-order valence-electron chi connectivity index (χ1n) is 12.2. The molecular formula is C25H25ClF6N4O6. The summed E-state index contributed by atoms with van der Waals surface area (Å²) >= 11 is 6.36. The van der Waals surface area contributed by atoms with E-state index in [0.29, 0.717) is 42.8 Å². The molecule has 1 aromatic heterocycles. The van der Waals surface area contributed by atoms with Crippen LogP contribution in [0, 0.1) is 0 Å². The zero-order valence-corrected chi connectivity index (χ0v) is 22.9. The number of aliphatic carboxylic acids is 1. The smallest absolute Gasteiger partial charge is 0.475 e. The molecule has 0 unspecified atom stereocenters. The molecular weight excluding hydrogens is 602 g/mol. The van der Waals surface area contributed by atoms with Gasteiger partial charge in [0.15, 0.2) is 11.5 Å². The molecule has 0 spiro atoms. The maximum absolute atomic E-state index is 14.2. The zero-order valence-electron chi connectivity index (χ0n) is 22.1. The number of nitrogens with zero attached hydrogens (tertiary/aromatic N) is 3. The third-order valence-electron chi connectivity index (χ3n) is 6.35. The minimum atomic E-state index is -5.08. The predicted octanol–water partition coefficient (Wildman–Crippen LogP) is 4.33. The standard InChI is InChI=1S/C23H24ClF3N4O4.C2HF3O2/c1-3-29(4-2)5-6-30-17-8-13(21(28)32)7-15(23(25,26)27)20(17)31(22(30)33)11-14-9-18-19(10-16(14)24)35-12-34-18;3-2(4,5)1(6)7/h7-10H,3-6,11-12H2,1-2H3,(H2,28,32);(H,6,7). The lowest BCUT2D eigenvalue weighted by atomic mass is 10.1. The number of hydrogen-bond donors (Lipinski definition) is 2. The number of imidazole rings is 1. The molecule has 1 aliphatic rings. The second kappa shape index (κ2) is 12.5. The van der Waals surface area contributed by atoms with Crippen LogP contribution in [0.2, 0.25) is 5.02 Å². The van der Waals surface area contributed by atoms with Gasteiger partial charge in [-0.1, -0.05) is 25.4 Å². The maximum Gasteiger partial charge on any atom is 0.490 e. The van der Waals surface area contributed by atoms with Crippen LogP contribution in [0.5, 0.6) is 11.5 Å². The zero-order chi connectivity index (χ0) is 31.6. The van der Waals surface area contributed by atoms with Gasteiger partial charge in [-0.25, -0.2) is 9.59 Å². The largest absolute Gasteiger partial charge is 0.490 e. The second-order valence-corrected chi connectivity index (χ2v) is 9.31. The van der Waals surface area contributed by atoms with E-state index in [9.17, 15) is 35.9 Å². The van der Waals surface area contributed by atoms with Crippen LogP contribution in [-0.4, -0.2) is 63.6 Å². The molecule has 0 radical (unpaired) electrons. The van der Waals surface area contributed by atoms with E-state index in [1.807, 2.05) is 18.7 Å². The van der Waals surface area contributed by atoms with Crippen LogP contribution in [0.4, 0.5) is 26.3 Å². The second-order valence-electron chi connectivity index (χ2n) is 8.90. The third kappa shape index (κ3) is 7.10. The number of fused-ring (bicyclic) bond motifs is 2. The number of carbonyl (C=O) groups is 2. The highest BCUT2D eigenvalue weighted by Gasteiger charge is 2.38. The van der Waals surface area contributed by atoms with E-state index in [4.69, 9.17) is 36.7 Å². The first-order chi connectivity index (χ1) is 19.5. The van der Waals surface area contributed by atoms with E-state index < -0.39 is 35.5 Å². The topological polar surface area (TPSA) is 129 Å². The Balaban J connectivity index is 0.000000616. The maximum atomic E-state index is 14.2. The molecule has 0 atom stereocenters. The lowest BCUT2D eigenvalue weighted by Crippen LogP contribution is -2.32. The molecule has 2 heterocycles. The van der Waals surface area contributed by atoms with Crippen molar-refractivity contribution in [1.82, 2.24) is 14.0 Å². The third-order valence-corrected chi connectivity index (χ3v) is 6.70. The number of hydrogen-bond acceptors (Lipinski definition) is 6. The van der Waals surface area contributed by atoms with Gasteiger partial charge in [0, 0.05) is 29.7 Å². The molecule has 2 aromatic carbocycles. The Hall–Kier alpha value is -3.92. The molecule has 3 N–H and O–H groups in total. The van der Waals surface area contributed by atoms with Gasteiger partial charge in [0.2, 0.25) is 12.7 Å². The quantitative estimate of drug-likeness (QED) is 0.356. The summed E-state index contributed by atoms with van der Waals surface area (Å²) in [6.45, 7) is 5.61. The highest BCUT2D eigenvalue weighted by molar-refractivity contribution is 6.31. The van der Waals surface area contributed by atoms with E-state index in [0.717, 1.165) is 4.57 Å². The number of benzene rings is 2. The SMILES string of the molecule is CCN(CC)CCn1c(=O)n(Cc2cc3c(cc2Cl)OCO3)c2c(C(F)(F)F)cc(C(N)=O)cc21.O=C(O)C(F)(F)F. The van der Waals surface area contributed by atoms with Crippen LogP contribution in [0.15, 0.2) is 29.1 Å². The Morgan fingerprint density at radius 1 is 1.02 bits per heavy atom. The highest BCUT2D eigenvalue weighted by Crippen LogP contribution is 2.39. The van der Waals surface area contributed by atoms with Gasteiger partial charge in [-0.3, -0.25) is 13.9 Å². The minimum Gasteiger partial charge on any atom is -0.475 e. The molecule has 17 heteroatoms. The predicted molar refractivity (Wildman–Crippen MR) is 138 cm³/mol. The number of aromatic nitrogens is 2. The monoisotopic (exact) mass is 626 g/mol. The fourth-order valence-electron chi connectivity index (χ4n) is 4.21. The van der Waals surface area contributed by atoms with Crippen LogP contribution < -0.4 is 20.9 Å². The van der Waals surface area contributed by atoms with Gasteiger partial charge in [0.1, 0.15) is 0 Å². The van der Waals surface area contributed by atoms with Crippen molar-refractivity contribution >= 4 is 34.5 Å². The summed E-state index contributed by atoms with van der Waals surface area (Å²) < 4.78 is 87.1. The Morgan fingerprint density at radius 2 is 1.60 bits per heavy atom. The van der Waals surface area contributed by atoms with E-state index in [1.54, 1.807) is 6.07 Å². The number of rotatable bonds is 8. The van der Waals surface area contributed by atoms with Crippen molar-refractivity contribution in [3.8, 4) is 11.5 Å². The number of carboxylic acids is 1. The number of alkyl halides is 6. The minimum absolute atomic E-state index is 0.00611. The van der Waals surface area contributed by atoms with Crippen LogP contribution in [0.25, 0.3) is 11.0 Å². The van der Waals surface area contributed by atoms with Gasteiger partial charge in [-0.15, -0.1) is 0 Å². The van der Waals surface area contributed by atoms with Crippen molar-refractivity contribution in [2.75, 3.05) is 26.4 Å². The van der Waals surface area contributed by atoms with Crippen LogP contribution in [0.1, 0.15) is 35.3 Å². The fraction of sp³-hybridized carbons (Fsp3) is 0.400. The van der Waals surface area contributed by atoms with Gasteiger partial charge < -0.3 is 25.2 Å². The summed E-state index contributed by atoms with van der Waals surface area (Å²) in [5.41, 5.74) is 3.21. The van der Waals surface area contributed by atoms with Gasteiger partial charge in [0.05, 0.1) is 23.1 Å². The molecule has 0 saturated heterocycles. The van der Waals surface area contributed by atoms with E-state index >= 15 is 0 Å². The highest BCUT2D eigenvalue weighted by atomic mass is 35.5. The Morgan fingerprint density at radius 3 is 2.10 bits per heavy atom. The molecule has 3 aromatic rings. The molecule has 1 amide bonds. The number of carbonyl (C=O) groups excluding carboxylic acids is 1. The van der Waals surface area contributed by atoms with Crippen LogP contribution >= 0.6 is 11.6 Å². The summed E-state index contributed by atoms with van der Waals surface area (Å²) in [5, 5.41) is 7.34. The van der Waals surface area contributed by atoms with Crippen molar-refractivity contribution in [2.24, 2.45) is 5.73 Å². The molecule has 230 valence electrons. The molecule has 0 aliphatic carbocycles. The van der Waals surface area contributed by atoms with Crippen molar-refractivity contribution in [1.29, 1.82) is 0 Å². The summed E-state index contributed by atoms with van der Waals surface area (Å²) in [6.07, 6.45) is -9.93. The number of ether oxygens (including phenoxy) is 2. The fourth-order valence-corrected chi connectivity index (χ4v) is 4.42. The molecule has 0 fully saturated rings. The van der Waals surface area contributed by atoms with Gasteiger partial charge in [0.25, 0.3) is 0 Å². The van der Waals surface area contributed by atoms with Crippen molar-refractivity contribution in [3.05, 3.63) is 56.5 Å². The number of primary amides is 1. The molecule has 42 heavy (non-hydrogen) atoms. The van der Waals surface area contributed by atoms with Gasteiger partial charge in [-0.2, -0.15) is 26.3 Å². The van der Waals surface area contributed by atoms with Crippen molar-refractivity contribution in [2.45, 2.75) is 39.3 Å². The summed E-state index contributed by atoms with van der Waals surface area (Å²) in [7, 11) is 0. The van der Waals surface area contributed by atoms with E-state index in [2.05, 4.69) is 0 Å². The first kappa shape index (κ1) is 32.6. The van der Waals surface area contributed by atoms with Gasteiger partial charge >= 0.3 is 24.0 Å². The number of halogens is 7. The average molecular weight is 627 g/mol. The first-order valence-corrected chi connectivity index (χ1v) is 12.6. The summed E-state index contributed by atoms with van der Waals surface area (Å²) in [6, 6.07) is 4.95. The van der Waals surface area contributed by atoms with Crippen LogP contribution in [0.3, 0.4) is 0 Å². The Kier molecular flexibility index (Phi) is 9.72. The number of nitrogens with two attached hydrogens (primary N) is 1. The number of amides is 1. The van der Waals surface area contributed by atoms with E-state index in [-0.39, 0.29) is 41.5 Å². The van der Waals surface area contributed by atoms with Gasteiger partial charge in [-0.05, 0) is 36.9 Å². The summed E-state index contributed by atoms with van der Waals surface area (Å²) in [5.74, 6) is -2.98. The molecule has 1 aliphatic heterocycles. The molecule has 0 saturated carbocycles. The Bertz CT molecular complexity index is 1550. The van der Waals surface area contributed by atoms with Crippen molar-refractivity contribution in [3.63, 3.8) is 0 Å². The molecule has 4 rings (SSSR count). The lowest BCUT2D eigenvalue weighted by molar-refractivity contribution is -0.192. The normalized spacial score (nSPS) is 12.9. The van der Waals surface area contributed by atoms with Crippen molar-refractivity contribution < 1.29 is 50.5 Å². The molecule has 0 bridgehead atoms. The van der Waals surface area contributed by atoms with E-state index in [1.165, 1.54) is 16.7 Å². The average Bonchev–Trinajstić information content (AvgIpc) is 3.45. The Labute approximate surface area is 238 Å².